The Hall–Kier alpha value is -3.41. The third-order valence-corrected chi connectivity index (χ3v) is 5.08. The van der Waals surface area contributed by atoms with Gasteiger partial charge in [-0.25, -0.2) is 9.78 Å². The van der Waals surface area contributed by atoms with E-state index in [1.165, 1.54) is 0 Å². The van der Waals surface area contributed by atoms with Crippen LogP contribution in [-0.4, -0.2) is 35.1 Å². The van der Waals surface area contributed by atoms with Gasteiger partial charge < -0.3 is 15.3 Å². The predicted octanol–water partition coefficient (Wildman–Crippen LogP) is 5.12. The highest BCUT2D eigenvalue weighted by Crippen LogP contribution is 2.26. The third kappa shape index (κ3) is 4.76. The minimum atomic E-state index is -1.02. The SMILES string of the molecule is CCCCN(CC)c1cc(C(=O)O)c2cc(NC(=O)c3ccc(C)cc3)ccc2n1. The van der Waals surface area contributed by atoms with E-state index in [4.69, 9.17) is 0 Å². The van der Waals surface area contributed by atoms with Gasteiger partial charge in [0.1, 0.15) is 5.82 Å². The number of amides is 1. The first-order valence-electron chi connectivity index (χ1n) is 10.2. The van der Waals surface area contributed by atoms with Crippen molar-refractivity contribution in [1.82, 2.24) is 4.98 Å². The summed E-state index contributed by atoms with van der Waals surface area (Å²) < 4.78 is 0. The summed E-state index contributed by atoms with van der Waals surface area (Å²) in [5.41, 5.74) is 2.92. The van der Waals surface area contributed by atoms with Crippen LogP contribution in [-0.2, 0) is 0 Å². The second-order valence-corrected chi connectivity index (χ2v) is 7.32. The van der Waals surface area contributed by atoms with E-state index in [1.54, 1.807) is 36.4 Å². The molecule has 3 rings (SSSR count). The van der Waals surface area contributed by atoms with E-state index in [9.17, 15) is 14.7 Å². The Bertz CT molecular complexity index is 1060. The molecule has 3 aromatic rings. The first-order chi connectivity index (χ1) is 14.4. The van der Waals surface area contributed by atoms with Crippen LogP contribution in [0.15, 0.2) is 48.5 Å². The van der Waals surface area contributed by atoms with Crippen LogP contribution in [0, 0.1) is 6.92 Å². The van der Waals surface area contributed by atoms with E-state index in [0.717, 1.165) is 31.5 Å². The van der Waals surface area contributed by atoms with Gasteiger partial charge in [-0.05, 0) is 56.7 Å². The molecule has 6 nitrogen and oxygen atoms in total. The Morgan fingerprint density at radius 3 is 2.43 bits per heavy atom. The number of benzene rings is 2. The Morgan fingerprint density at radius 2 is 1.80 bits per heavy atom. The topological polar surface area (TPSA) is 82.5 Å². The number of carbonyl (C=O) groups excluding carboxylic acids is 1. The second-order valence-electron chi connectivity index (χ2n) is 7.32. The largest absolute Gasteiger partial charge is 0.478 e. The zero-order chi connectivity index (χ0) is 21.7. The van der Waals surface area contributed by atoms with Crippen molar-refractivity contribution in [1.29, 1.82) is 0 Å². The number of rotatable bonds is 8. The standard InChI is InChI=1S/C24H27N3O3/c1-4-6-13-27(5-2)22-15-20(24(29)30)19-14-18(11-12-21(19)26-22)25-23(28)17-9-7-16(3)8-10-17/h7-12,14-15H,4-6,13H2,1-3H3,(H,25,28)(H,29,30). The number of hydrogen-bond acceptors (Lipinski definition) is 4. The van der Waals surface area contributed by atoms with E-state index >= 15 is 0 Å². The highest BCUT2D eigenvalue weighted by atomic mass is 16.4. The molecule has 2 aromatic carbocycles. The lowest BCUT2D eigenvalue weighted by molar-refractivity contribution is 0.0698. The number of hydrogen-bond donors (Lipinski definition) is 2. The second kappa shape index (κ2) is 9.39. The van der Waals surface area contributed by atoms with Gasteiger partial charge in [0.05, 0.1) is 11.1 Å². The van der Waals surface area contributed by atoms with Crippen molar-refractivity contribution in [3.05, 3.63) is 65.2 Å². The Morgan fingerprint density at radius 1 is 1.07 bits per heavy atom. The molecule has 0 radical (unpaired) electrons. The fraction of sp³-hybridized carbons (Fsp3) is 0.292. The summed E-state index contributed by atoms with van der Waals surface area (Å²) in [5, 5.41) is 13.1. The molecule has 0 aliphatic rings. The molecule has 0 aliphatic heterocycles. The van der Waals surface area contributed by atoms with Crippen LogP contribution in [0.4, 0.5) is 11.5 Å². The number of fused-ring (bicyclic) bond motifs is 1. The minimum absolute atomic E-state index is 0.177. The van der Waals surface area contributed by atoms with Crippen LogP contribution in [0.1, 0.15) is 53.0 Å². The molecule has 0 bridgehead atoms. The summed E-state index contributed by atoms with van der Waals surface area (Å²) >= 11 is 0. The maximum absolute atomic E-state index is 12.5. The van der Waals surface area contributed by atoms with Gasteiger partial charge in [-0.15, -0.1) is 0 Å². The van der Waals surface area contributed by atoms with Gasteiger partial charge in [0.2, 0.25) is 0 Å². The van der Waals surface area contributed by atoms with E-state index < -0.39 is 5.97 Å². The van der Waals surface area contributed by atoms with Crippen LogP contribution in [0.25, 0.3) is 10.9 Å². The summed E-state index contributed by atoms with van der Waals surface area (Å²) in [6.07, 6.45) is 2.07. The number of nitrogens with one attached hydrogen (secondary N) is 1. The molecule has 1 heterocycles. The monoisotopic (exact) mass is 405 g/mol. The van der Waals surface area contributed by atoms with Crippen molar-refractivity contribution in [3.63, 3.8) is 0 Å². The average Bonchev–Trinajstić information content (AvgIpc) is 2.74. The molecule has 1 amide bonds. The quantitative estimate of drug-likeness (QED) is 0.543. The van der Waals surface area contributed by atoms with Crippen LogP contribution in [0.5, 0.6) is 0 Å². The summed E-state index contributed by atoms with van der Waals surface area (Å²) in [4.78, 5) is 31.2. The van der Waals surface area contributed by atoms with Gasteiger partial charge >= 0.3 is 5.97 Å². The summed E-state index contributed by atoms with van der Waals surface area (Å²) in [6, 6.07) is 14.1. The van der Waals surface area contributed by atoms with Gasteiger partial charge in [0.25, 0.3) is 5.91 Å². The molecule has 0 aliphatic carbocycles. The van der Waals surface area contributed by atoms with E-state index in [1.807, 2.05) is 26.0 Å². The summed E-state index contributed by atoms with van der Waals surface area (Å²) in [7, 11) is 0. The zero-order valence-electron chi connectivity index (χ0n) is 17.6. The molecular weight excluding hydrogens is 378 g/mol. The molecule has 156 valence electrons. The Kier molecular flexibility index (Phi) is 6.67. The van der Waals surface area contributed by atoms with Crippen LogP contribution < -0.4 is 10.2 Å². The van der Waals surface area contributed by atoms with E-state index in [-0.39, 0.29) is 11.5 Å². The Balaban J connectivity index is 1.95. The number of carboxylic acids is 1. The van der Waals surface area contributed by atoms with Gasteiger partial charge in [-0.3, -0.25) is 4.79 Å². The first-order valence-corrected chi connectivity index (χ1v) is 10.2. The van der Waals surface area contributed by atoms with Crippen molar-refractivity contribution in [2.75, 3.05) is 23.3 Å². The highest BCUT2D eigenvalue weighted by molar-refractivity contribution is 6.08. The molecule has 0 spiro atoms. The molecule has 30 heavy (non-hydrogen) atoms. The number of aromatic nitrogens is 1. The number of aryl methyl sites for hydroxylation is 1. The average molecular weight is 405 g/mol. The lowest BCUT2D eigenvalue weighted by Gasteiger charge is -2.22. The molecule has 1 aromatic heterocycles. The van der Waals surface area contributed by atoms with Crippen LogP contribution in [0.3, 0.4) is 0 Å². The third-order valence-electron chi connectivity index (χ3n) is 5.08. The maximum Gasteiger partial charge on any atom is 0.336 e. The molecule has 6 heteroatoms. The highest BCUT2D eigenvalue weighted by Gasteiger charge is 2.16. The van der Waals surface area contributed by atoms with Crippen LogP contribution >= 0.6 is 0 Å². The molecule has 2 N–H and O–H groups in total. The van der Waals surface area contributed by atoms with Crippen molar-refractivity contribution in [2.24, 2.45) is 0 Å². The minimum Gasteiger partial charge on any atom is -0.478 e. The molecule has 0 unspecified atom stereocenters. The molecule has 0 saturated heterocycles. The number of anilines is 2. The van der Waals surface area contributed by atoms with Crippen molar-refractivity contribution in [3.8, 4) is 0 Å². The molecule has 0 saturated carbocycles. The maximum atomic E-state index is 12.5. The molecular formula is C24H27N3O3. The van der Waals surface area contributed by atoms with Crippen molar-refractivity contribution < 1.29 is 14.7 Å². The number of nitrogens with zero attached hydrogens (tertiary/aromatic N) is 2. The smallest absolute Gasteiger partial charge is 0.336 e. The van der Waals surface area contributed by atoms with Gasteiger partial charge in [-0.2, -0.15) is 0 Å². The fourth-order valence-electron chi connectivity index (χ4n) is 3.32. The van der Waals surface area contributed by atoms with E-state index in [0.29, 0.717) is 28.0 Å². The van der Waals surface area contributed by atoms with Crippen LogP contribution in [0.2, 0.25) is 0 Å². The predicted molar refractivity (Wildman–Crippen MR) is 121 cm³/mol. The summed E-state index contributed by atoms with van der Waals surface area (Å²) in [5.74, 6) is -0.600. The van der Waals surface area contributed by atoms with Crippen molar-refractivity contribution in [2.45, 2.75) is 33.6 Å². The van der Waals surface area contributed by atoms with Gasteiger partial charge in [-0.1, -0.05) is 31.0 Å². The lowest BCUT2D eigenvalue weighted by Crippen LogP contribution is -2.25. The Labute approximate surface area is 176 Å². The molecule has 0 fully saturated rings. The number of pyridine rings is 1. The summed E-state index contributed by atoms with van der Waals surface area (Å²) in [6.45, 7) is 7.70. The zero-order valence-corrected chi connectivity index (χ0v) is 17.6. The van der Waals surface area contributed by atoms with E-state index in [2.05, 4.69) is 22.1 Å². The number of unbranched alkanes of at least 4 members (excludes halogenated alkanes) is 1. The van der Waals surface area contributed by atoms with Crippen molar-refractivity contribution >= 4 is 34.3 Å². The van der Waals surface area contributed by atoms with Gasteiger partial charge in [0, 0.05) is 29.7 Å². The number of aromatic carboxylic acids is 1. The number of carboxylic acid groups (broad SMARTS) is 1. The lowest BCUT2D eigenvalue weighted by atomic mass is 10.1. The first kappa shape index (κ1) is 21.3. The van der Waals surface area contributed by atoms with Gasteiger partial charge in [0.15, 0.2) is 0 Å². The molecule has 0 atom stereocenters. The number of carbonyl (C=O) groups is 2. The fourth-order valence-corrected chi connectivity index (χ4v) is 3.32. The normalized spacial score (nSPS) is 10.8.